The van der Waals surface area contributed by atoms with Gasteiger partial charge < -0.3 is 21.5 Å². The van der Waals surface area contributed by atoms with Crippen molar-refractivity contribution in [1.29, 1.82) is 0 Å². The summed E-state index contributed by atoms with van der Waals surface area (Å²) in [6.45, 7) is 0. The minimum Gasteiger partial charge on any atom is -0.477 e. The van der Waals surface area contributed by atoms with Crippen molar-refractivity contribution in [2.24, 2.45) is 5.73 Å². The van der Waals surface area contributed by atoms with Crippen molar-refractivity contribution < 1.29 is 27.9 Å². The Morgan fingerprint density at radius 1 is 1.00 bits per heavy atom. The third kappa shape index (κ3) is 8.05. The number of primary amides is 1. The number of thiocarbonyl (C=S) groups is 1. The molecule has 7 nitrogen and oxygen atoms in total. The number of aromatic nitrogens is 1. The Morgan fingerprint density at radius 3 is 2.09 bits per heavy atom. The monoisotopic (exact) mass is 496 g/mol. The van der Waals surface area contributed by atoms with Gasteiger partial charge in [-0.05, 0) is 66.8 Å². The molecule has 3 rings (SSSR count). The third-order valence-electron chi connectivity index (χ3n) is 3.84. The Balaban J connectivity index is 0.000000357. The number of aromatic carboxylic acids is 1. The molecule has 0 atom stereocenters. The average Bonchev–Trinajstić information content (AvgIpc) is 2.75. The molecule has 172 valence electrons. The summed E-state index contributed by atoms with van der Waals surface area (Å²) >= 11 is 10.6. The highest BCUT2D eigenvalue weighted by molar-refractivity contribution is 7.80. The molecule has 0 aliphatic heterocycles. The molecule has 0 saturated carbocycles. The molecule has 0 bridgehead atoms. The number of hydrogen-bond acceptors (Lipinski definition) is 4. The second kappa shape index (κ2) is 11.2. The molecule has 1 amide bonds. The number of pyridine rings is 1. The Bertz CT molecular complexity index is 1140. The number of benzene rings is 2. The summed E-state index contributed by atoms with van der Waals surface area (Å²) in [4.78, 5) is 24.7. The number of carboxylic acid groups (broad SMARTS) is 1. The average molecular weight is 497 g/mol. The maximum atomic E-state index is 12.8. The summed E-state index contributed by atoms with van der Waals surface area (Å²) in [5.74, 6) is -1.56. The van der Waals surface area contributed by atoms with Gasteiger partial charge in [0, 0.05) is 23.1 Å². The van der Waals surface area contributed by atoms with E-state index in [1.165, 1.54) is 30.5 Å². The van der Waals surface area contributed by atoms with Crippen molar-refractivity contribution in [3.8, 4) is 0 Å². The van der Waals surface area contributed by atoms with Crippen molar-refractivity contribution in [2.75, 3.05) is 10.6 Å². The second-order valence-electron chi connectivity index (χ2n) is 6.23. The predicted molar refractivity (Wildman–Crippen MR) is 122 cm³/mol. The van der Waals surface area contributed by atoms with Crippen LogP contribution in [-0.2, 0) is 6.18 Å². The van der Waals surface area contributed by atoms with Crippen LogP contribution in [0.2, 0.25) is 5.02 Å². The van der Waals surface area contributed by atoms with E-state index in [0.29, 0.717) is 11.3 Å². The summed E-state index contributed by atoms with van der Waals surface area (Å²) in [6.07, 6.45) is -3.11. The second-order valence-corrected chi connectivity index (χ2v) is 7.05. The number of rotatable bonds is 4. The van der Waals surface area contributed by atoms with E-state index >= 15 is 0 Å². The van der Waals surface area contributed by atoms with E-state index in [4.69, 9.17) is 34.7 Å². The summed E-state index contributed by atoms with van der Waals surface area (Å²) < 4.78 is 38.5. The Hall–Kier alpha value is -3.70. The lowest BCUT2D eigenvalue weighted by molar-refractivity contribution is -0.137. The molecule has 0 aliphatic carbocycles. The maximum Gasteiger partial charge on any atom is 0.417 e. The standard InChI is InChI=1S/C15H11ClF3N3OS.C6H5NO2/c16-12-6-5-10(7-11(12)15(17,18)19)22-14(24)21-9-3-1-8(2-4-9)13(20)23;8-6(9)5-3-1-2-4-7-5/h1-7H,(H2,20,23)(H2,21,22,24);1-4H,(H,8,9). The number of carbonyl (C=O) groups excluding carboxylic acids is 1. The summed E-state index contributed by atoms with van der Waals surface area (Å²) in [5, 5.41) is 13.4. The van der Waals surface area contributed by atoms with E-state index in [2.05, 4.69) is 15.6 Å². The number of carbonyl (C=O) groups is 2. The van der Waals surface area contributed by atoms with Gasteiger partial charge in [-0.15, -0.1) is 0 Å². The van der Waals surface area contributed by atoms with Gasteiger partial charge in [0.1, 0.15) is 5.69 Å². The van der Waals surface area contributed by atoms with E-state index in [1.807, 2.05) is 0 Å². The van der Waals surface area contributed by atoms with Gasteiger partial charge in [-0.3, -0.25) is 4.79 Å². The maximum absolute atomic E-state index is 12.8. The van der Waals surface area contributed by atoms with Crippen molar-refractivity contribution >= 4 is 52.2 Å². The molecule has 0 unspecified atom stereocenters. The minimum absolute atomic E-state index is 0.0808. The topological polar surface area (TPSA) is 117 Å². The van der Waals surface area contributed by atoms with Crippen LogP contribution in [0.4, 0.5) is 24.5 Å². The molecule has 0 saturated heterocycles. The first-order chi connectivity index (χ1) is 15.5. The van der Waals surface area contributed by atoms with Crippen LogP contribution in [0.15, 0.2) is 66.9 Å². The minimum atomic E-state index is -4.56. The van der Waals surface area contributed by atoms with Gasteiger partial charge in [0.05, 0.1) is 10.6 Å². The Kier molecular flexibility index (Phi) is 8.71. The van der Waals surface area contributed by atoms with Crippen molar-refractivity contribution in [2.45, 2.75) is 6.18 Å². The Labute approximate surface area is 196 Å². The lowest BCUT2D eigenvalue weighted by Gasteiger charge is -2.14. The van der Waals surface area contributed by atoms with Crippen molar-refractivity contribution in [1.82, 2.24) is 4.98 Å². The molecule has 3 aromatic rings. The zero-order valence-corrected chi connectivity index (χ0v) is 18.1. The van der Waals surface area contributed by atoms with Crippen LogP contribution in [0.25, 0.3) is 0 Å². The third-order valence-corrected chi connectivity index (χ3v) is 4.37. The number of carboxylic acids is 1. The van der Waals surface area contributed by atoms with Crippen LogP contribution in [0, 0.1) is 0 Å². The molecule has 1 heterocycles. The lowest BCUT2D eigenvalue weighted by atomic mass is 10.2. The summed E-state index contributed by atoms with van der Waals surface area (Å²) in [5.41, 5.74) is 5.26. The quantitative estimate of drug-likeness (QED) is 0.373. The number of nitrogens with one attached hydrogen (secondary N) is 2. The molecular formula is C21H16ClF3N4O3S. The predicted octanol–water partition coefficient (Wildman–Crippen LogP) is 5.05. The van der Waals surface area contributed by atoms with Crippen molar-refractivity contribution in [3.63, 3.8) is 0 Å². The largest absolute Gasteiger partial charge is 0.477 e. The zero-order chi connectivity index (χ0) is 24.6. The summed E-state index contributed by atoms with van der Waals surface area (Å²) in [7, 11) is 0. The molecule has 0 aliphatic rings. The molecule has 33 heavy (non-hydrogen) atoms. The van der Waals surface area contributed by atoms with Crippen molar-refractivity contribution in [3.05, 3.63) is 88.7 Å². The first-order valence-electron chi connectivity index (χ1n) is 8.96. The fraction of sp³-hybridized carbons (Fsp3) is 0.0476. The highest BCUT2D eigenvalue weighted by Crippen LogP contribution is 2.36. The molecule has 0 radical (unpaired) electrons. The normalized spacial score (nSPS) is 10.4. The molecule has 1 aromatic heterocycles. The fourth-order valence-electron chi connectivity index (χ4n) is 2.32. The smallest absolute Gasteiger partial charge is 0.417 e. The SMILES string of the molecule is NC(=O)c1ccc(NC(=S)Nc2ccc(Cl)c(C(F)(F)F)c2)cc1.O=C(O)c1ccccn1. The molecule has 12 heteroatoms. The van der Waals surface area contributed by atoms with E-state index in [1.54, 1.807) is 24.3 Å². The molecule has 5 N–H and O–H groups in total. The van der Waals surface area contributed by atoms with Crippen LogP contribution in [-0.4, -0.2) is 27.1 Å². The highest BCUT2D eigenvalue weighted by Gasteiger charge is 2.33. The van der Waals surface area contributed by atoms with Gasteiger partial charge in [-0.1, -0.05) is 17.7 Å². The Morgan fingerprint density at radius 2 is 1.61 bits per heavy atom. The van der Waals surface area contributed by atoms with E-state index in [-0.39, 0.29) is 16.5 Å². The molecule has 0 fully saturated rings. The molecular weight excluding hydrogens is 481 g/mol. The van der Waals surface area contributed by atoms with Gasteiger partial charge in [-0.25, -0.2) is 9.78 Å². The number of amides is 1. The molecule has 0 spiro atoms. The summed E-state index contributed by atoms with van der Waals surface area (Å²) in [6, 6.07) is 14.3. The number of halogens is 4. The first-order valence-corrected chi connectivity index (χ1v) is 9.75. The zero-order valence-electron chi connectivity index (χ0n) is 16.6. The number of nitrogens with zero attached hydrogens (tertiary/aromatic N) is 1. The van der Waals surface area contributed by atoms with Crippen LogP contribution in [0.5, 0.6) is 0 Å². The number of alkyl halides is 3. The number of nitrogens with two attached hydrogens (primary N) is 1. The van der Waals surface area contributed by atoms with Gasteiger partial charge in [0.15, 0.2) is 5.11 Å². The van der Waals surface area contributed by atoms with E-state index in [0.717, 1.165) is 12.1 Å². The lowest BCUT2D eigenvalue weighted by Crippen LogP contribution is -2.19. The van der Waals surface area contributed by atoms with Crippen LogP contribution >= 0.6 is 23.8 Å². The van der Waals surface area contributed by atoms with Gasteiger partial charge in [0.2, 0.25) is 5.91 Å². The molecule has 2 aromatic carbocycles. The number of anilines is 2. The first kappa shape index (κ1) is 25.6. The van der Waals surface area contributed by atoms with Crippen LogP contribution in [0.1, 0.15) is 26.4 Å². The fourth-order valence-corrected chi connectivity index (χ4v) is 2.78. The van der Waals surface area contributed by atoms with E-state index in [9.17, 15) is 22.8 Å². The van der Waals surface area contributed by atoms with Crippen LogP contribution < -0.4 is 16.4 Å². The van der Waals surface area contributed by atoms with E-state index < -0.39 is 28.6 Å². The van der Waals surface area contributed by atoms with Gasteiger partial charge >= 0.3 is 12.1 Å². The highest BCUT2D eigenvalue weighted by atomic mass is 35.5. The van der Waals surface area contributed by atoms with Gasteiger partial charge in [-0.2, -0.15) is 13.2 Å². The van der Waals surface area contributed by atoms with Gasteiger partial charge in [0.25, 0.3) is 0 Å². The number of hydrogen-bond donors (Lipinski definition) is 4. The van der Waals surface area contributed by atoms with Crippen LogP contribution in [0.3, 0.4) is 0 Å².